The zero-order valence-corrected chi connectivity index (χ0v) is 9.54. The molecule has 1 aliphatic heterocycles. The maximum atomic E-state index is 5.65. The quantitative estimate of drug-likeness (QED) is 0.767. The van der Waals surface area contributed by atoms with Crippen molar-refractivity contribution in [2.24, 2.45) is 0 Å². The lowest BCUT2D eigenvalue weighted by molar-refractivity contribution is 0.0882. The molecule has 0 saturated carbocycles. The van der Waals surface area contributed by atoms with E-state index in [-0.39, 0.29) is 6.10 Å². The summed E-state index contributed by atoms with van der Waals surface area (Å²) in [6.07, 6.45) is 13.3. The Morgan fingerprint density at radius 1 is 1.40 bits per heavy atom. The van der Waals surface area contributed by atoms with Crippen molar-refractivity contribution in [3.8, 4) is 0 Å². The van der Waals surface area contributed by atoms with Crippen LogP contribution in [0.3, 0.4) is 0 Å². The molecule has 0 amide bonds. The highest BCUT2D eigenvalue weighted by molar-refractivity contribution is 5.28. The topological polar surface area (TPSA) is 21.3 Å². The van der Waals surface area contributed by atoms with Crippen LogP contribution < -0.4 is 5.32 Å². The highest BCUT2D eigenvalue weighted by atomic mass is 16.5. The standard InChI is InChI=1S/C13H21NO/c1-15-13(11-7-3-2-4-8-11)12-9-5-6-10-14-12/h3,7-8,12-14H,2,4-6,9-10H2,1H3. The molecule has 0 bridgehead atoms. The number of hydrogen-bond acceptors (Lipinski definition) is 2. The van der Waals surface area contributed by atoms with Gasteiger partial charge in [0.1, 0.15) is 0 Å². The summed E-state index contributed by atoms with van der Waals surface area (Å²) in [6, 6.07) is 0.512. The van der Waals surface area contributed by atoms with E-state index in [2.05, 4.69) is 23.5 Å². The van der Waals surface area contributed by atoms with Gasteiger partial charge in [0.05, 0.1) is 6.10 Å². The summed E-state index contributed by atoms with van der Waals surface area (Å²) in [7, 11) is 1.82. The summed E-state index contributed by atoms with van der Waals surface area (Å²) in [6.45, 7) is 1.14. The third-order valence-electron chi connectivity index (χ3n) is 3.32. The van der Waals surface area contributed by atoms with E-state index >= 15 is 0 Å². The van der Waals surface area contributed by atoms with E-state index in [9.17, 15) is 0 Å². The summed E-state index contributed by atoms with van der Waals surface area (Å²) in [5, 5.41) is 3.57. The Kier molecular flexibility index (Phi) is 3.98. The molecule has 84 valence electrons. The Hall–Kier alpha value is -0.600. The molecular weight excluding hydrogens is 186 g/mol. The van der Waals surface area contributed by atoms with Crippen LogP contribution in [0.4, 0.5) is 0 Å². The van der Waals surface area contributed by atoms with E-state index in [1.807, 2.05) is 7.11 Å². The lowest BCUT2D eigenvalue weighted by Crippen LogP contribution is -2.44. The Labute approximate surface area is 92.4 Å². The Morgan fingerprint density at radius 3 is 2.93 bits per heavy atom. The van der Waals surface area contributed by atoms with Crippen molar-refractivity contribution in [2.45, 2.75) is 44.2 Å². The first kappa shape index (κ1) is 10.9. The molecule has 1 N–H and O–H groups in total. The van der Waals surface area contributed by atoms with Crippen molar-refractivity contribution in [1.82, 2.24) is 5.32 Å². The summed E-state index contributed by atoms with van der Waals surface area (Å²) in [5.41, 5.74) is 1.36. The van der Waals surface area contributed by atoms with Gasteiger partial charge in [-0.1, -0.05) is 24.6 Å². The van der Waals surface area contributed by atoms with Crippen LogP contribution in [-0.4, -0.2) is 25.8 Å². The van der Waals surface area contributed by atoms with E-state index in [4.69, 9.17) is 4.74 Å². The third kappa shape index (κ3) is 2.70. The van der Waals surface area contributed by atoms with Crippen molar-refractivity contribution >= 4 is 0 Å². The maximum Gasteiger partial charge on any atom is 0.0970 e. The van der Waals surface area contributed by atoms with Crippen molar-refractivity contribution in [3.05, 3.63) is 23.8 Å². The number of piperidine rings is 1. The highest BCUT2D eigenvalue weighted by Crippen LogP contribution is 2.22. The van der Waals surface area contributed by atoms with Crippen LogP contribution in [0.2, 0.25) is 0 Å². The molecule has 15 heavy (non-hydrogen) atoms. The highest BCUT2D eigenvalue weighted by Gasteiger charge is 2.25. The van der Waals surface area contributed by atoms with Crippen LogP contribution in [0.25, 0.3) is 0 Å². The molecule has 2 unspecified atom stereocenters. The lowest BCUT2D eigenvalue weighted by Gasteiger charge is -2.31. The fourth-order valence-corrected chi connectivity index (χ4v) is 2.51. The van der Waals surface area contributed by atoms with E-state index in [1.54, 1.807) is 0 Å². The molecule has 2 heteroatoms. The molecule has 0 aromatic carbocycles. The first-order chi connectivity index (χ1) is 7.42. The summed E-state index contributed by atoms with van der Waals surface area (Å²) < 4.78 is 5.65. The second-order valence-electron chi connectivity index (χ2n) is 4.40. The van der Waals surface area contributed by atoms with Gasteiger partial charge in [-0.05, 0) is 37.8 Å². The molecule has 2 rings (SSSR count). The largest absolute Gasteiger partial charge is 0.375 e. The molecule has 0 radical (unpaired) electrons. The number of hydrogen-bond donors (Lipinski definition) is 1. The van der Waals surface area contributed by atoms with Crippen molar-refractivity contribution < 1.29 is 4.74 Å². The van der Waals surface area contributed by atoms with Crippen LogP contribution in [0.5, 0.6) is 0 Å². The van der Waals surface area contributed by atoms with Crippen LogP contribution in [-0.2, 0) is 4.74 Å². The first-order valence-corrected chi connectivity index (χ1v) is 6.04. The van der Waals surface area contributed by atoms with Gasteiger partial charge in [-0.15, -0.1) is 0 Å². The molecule has 0 aromatic rings. The molecule has 2 nitrogen and oxygen atoms in total. The molecule has 0 aromatic heterocycles. The van der Waals surface area contributed by atoms with Crippen LogP contribution in [0, 0.1) is 0 Å². The third-order valence-corrected chi connectivity index (χ3v) is 3.32. The Morgan fingerprint density at radius 2 is 2.33 bits per heavy atom. The number of allylic oxidation sites excluding steroid dienone is 2. The molecule has 1 fully saturated rings. The smallest absolute Gasteiger partial charge is 0.0970 e. The second-order valence-corrected chi connectivity index (χ2v) is 4.40. The van der Waals surface area contributed by atoms with Crippen molar-refractivity contribution in [3.63, 3.8) is 0 Å². The predicted octanol–water partition coefficient (Wildman–Crippen LogP) is 2.42. The molecule has 2 aliphatic rings. The van der Waals surface area contributed by atoms with Gasteiger partial charge in [0.2, 0.25) is 0 Å². The van der Waals surface area contributed by atoms with Gasteiger partial charge in [-0.3, -0.25) is 0 Å². The van der Waals surface area contributed by atoms with Gasteiger partial charge < -0.3 is 10.1 Å². The molecule has 1 aliphatic carbocycles. The Balaban J connectivity index is 2.01. The fourth-order valence-electron chi connectivity index (χ4n) is 2.51. The molecule has 0 spiro atoms. The summed E-state index contributed by atoms with van der Waals surface area (Å²) in [4.78, 5) is 0. The zero-order valence-electron chi connectivity index (χ0n) is 9.54. The molecule has 1 heterocycles. The minimum absolute atomic E-state index is 0.252. The van der Waals surface area contributed by atoms with Gasteiger partial charge >= 0.3 is 0 Å². The van der Waals surface area contributed by atoms with Crippen LogP contribution in [0.1, 0.15) is 32.1 Å². The SMILES string of the molecule is COC(C1=CCCC=C1)C1CCCCN1. The predicted molar refractivity (Wildman–Crippen MR) is 62.9 cm³/mol. The number of methoxy groups -OCH3 is 1. The summed E-state index contributed by atoms with van der Waals surface area (Å²) in [5.74, 6) is 0. The van der Waals surface area contributed by atoms with Gasteiger partial charge in [-0.2, -0.15) is 0 Å². The van der Waals surface area contributed by atoms with Crippen molar-refractivity contribution in [2.75, 3.05) is 13.7 Å². The normalized spacial score (nSPS) is 28.6. The van der Waals surface area contributed by atoms with Gasteiger partial charge in [0, 0.05) is 13.2 Å². The minimum atomic E-state index is 0.252. The molecule has 1 saturated heterocycles. The zero-order chi connectivity index (χ0) is 10.5. The first-order valence-electron chi connectivity index (χ1n) is 6.04. The average Bonchev–Trinajstić information content (AvgIpc) is 2.33. The fraction of sp³-hybridized carbons (Fsp3) is 0.692. The lowest BCUT2D eigenvalue weighted by atomic mass is 9.92. The van der Waals surface area contributed by atoms with E-state index in [0.717, 1.165) is 6.54 Å². The average molecular weight is 207 g/mol. The van der Waals surface area contributed by atoms with Crippen LogP contribution >= 0.6 is 0 Å². The molecule has 2 atom stereocenters. The van der Waals surface area contributed by atoms with E-state index in [1.165, 1.54) is 37.7 Å². The minimum Gasteiger partial charge on any atom is -0.375 e. The Bertz CT molecular complexity index is 251. The second kappa shape index (κ2) is 5.47. The summed E-state index contributed by atoms with van der Waals surface area (Å²) >= 11 is 0. The number of nitrogens with one attached hydrogen (secondary N) is 1. The van der Waals surface area contributed by atoms with Crippen molar-refractivity contribution in [1.29, 1.82) is 0 Å². The van der Waals surface area contributed by atoms with E-state index < -0.39 is 0 Å². The maximum absolute atomic E-state index is 5.65. The van der Waals surface area contributed by atoms with Gasteiger partial charge in [0.25, 0.3) is 0 Å². The monoisotopic (exact) mass is 207 g/mol. The van der Waals surface area contributed by atoms with Crippen LogP contribution in [0.15, 0.2) is 23.8 Å². The van der Waals surface area contributed by atoms with Gasteiger partial charge in [-0.25, -0.2) is 0 Å². The van der Waals surface area contributed by atoms with Gasteiger partial charge in [0.15, 0.2) is 0 Å². The van der Waals surface area contributed by atoms with E-state index in [0.29, 0.717) is 6.04 Å². The number of rotatable bonds is 3. The molecular formula is C13H21NO. The number of ether oxygens (including phenoxy) is 1.